The van der Waals surface area contributed by atoms with Crippen LogP contribution in [0.4, 0.5) is 0 Å². The summed E-state index contributed by atoms with van der Waals surface area (Å²) >= 11 is 0. The summed E-state index contributed by atoms with van der Waals surface area (Å²) in [4.78, 5) is 0. The lowest BCUT2D eigenvalue weighted by Gasteiger charge is -2.22. The van der Waals surface area contributed by atoms with Crippen molar-refractivity contribution < 1.29 is 9.84 Å². The molecule has 100 valence electrons. The van der Waals surface area contributed by atoms with E-state index in [1.807, 2.05) is 13.0 Å². The molecule has 0 aromatic heterocycles. The first-order valence-electron chi connectivity index (χ1n) is 6.70. The van der Waals surface area contributed by atoms with E-state index in [1.54, 1.807) is 0 Å². The van der Waals surface area contributed by atoms with E-state index in [2.05, 4.69) is 24.3 Å². The first-order valence-corrected chi connectivity index (χ1v) is 6.70. The van der Waals surface area contributed by atoms with E-state index in [1.165, 1.54) is 5.56 Å². The molecular weight excluding hydrogens is 226 g/mol. The number of ether oxygens (including phenoxy) is 1. The highest BCUT2D eigenvalue weighted by molar-refractivity contribution is 5.14. The number of aliphatic hydroxyl groups excluding tert-OH is 1. The molecule has 2 rings (SSSR count). The summed E-state index contributed by atoms with van der Waals surface area (Å²) in [6, 6.07) is 10.4. The summed E-state index contributed by atoms with van der Waals surface area (Å²) in [5, 5.41) is 9.59. The monoisotopic (exact) mass is 249 g/mol. The number of hydrogen-bond acceptors (Lipinski definition) is 3. The molecule has 3 heteroatoms. The fourth-order valence-electron chi connectivity index (χ4n) is 2.38. The van der Waals surface area contributed by atoms with Gasteiger partial charge in [0.05, 0.1) is 12.2 Å². The second-order valence-electron chi connectivity index (χ2n) is 5.41. The Kier molecular flexibility index (Phi) is 4.38. The Bertz CT molecular complexity index is 368. The summed E-state index contributed by atoms with van der Waals surface area (Å²) in [7, 11) is 0. The van der Waals surface area contributed by atoms with Crippen molar-refractivity contribution >= 4 is 0 Å². The van der Waals surface area contributed by atoms with Gasteiger partial charge in [-0.3, -0.25) is 0 Å². The molecule has 0 radical (unpaired) electrons. The van der Waals surface area contributed by atoms with Gasteiger partial charge in [-0.25, -0.2) is 0 Å². The zero-order chi connectivity index (χ0) is 13.0. The van der Waals surface area contributed by atoms with Crippen LogP contribution in [0.5, 0.6) is 0 Å². The average molecular weight is 249 g/mol. The summed E-state index contributed by atoms with van der Waals surface area (Å²) in [6.45, 7) is 3.24. The largest absolute Gasteiger partial charge is 0.392 e. The van der Waals surface area contributed by atoms with Crippen molar-refractivity contribution in [3.05, 3.63) is 35.9 Å². The number of hydrogen-bond donors (Lipinski definition) is 2. The summed E-state index contributed by atoms with van der Waals surface area (Å²) in [5.74, 6) is 0. The molecule has 1 aliphatic rings. The molecule has 1 aromatic rings. The maximum atomic E-state index is 9.59. The van der Waals surface area contributed by atoms with Gasteiger partial charge in [0.1, 0.15) is 0 Å². The highest BCUT2D eigenvalue weighted by atomic mass is 16.5. The predicted octanol–water partition coefficient (Wildman–Crippen LogP) is 1.73. The minimum Gasteiger partial charge on any atom is -0.392 e. The smallest absolute Gasteiger partial charge is 0.0776 e. The van der Waals surface area contributed by atoms with Crippen LogP contribution in [0.1, 0.15) is 25.3 Å². The molecule has 2 unspecified atom stereocenters. The number of nitrogens with two attached hydrogens (primary N) is 1. The van der Waals surface area contributed by atoms with E-state index in [0.29, 0.717) is 13.2 Å². The van der Waals surface area contributed by atoms with E-state index in [4.69, 9.17) is 10.5 Å². The van der Waals surface area contributed by atoms with Gasteiger partial charge >= 0.3 is 0 Å². The van der Waals surface area contributed by atoms with Crippen LogP contribution in [0.25, 0.3) is 0 Å². The second-order valence-corrected chi connectivity index (χ2v) is 5.41. The molecule has 3 N–H and O–H groups in total. The van der Waals surface area contributed by atoms with Crippen LogP contribution >= 0.6 is 0 Å². The van der Waals surface area contributed by atoms with Gasteiger partial charge in [0, 0.05) is 18.6 Å². The number of aryl methyl sites for hydroxylation is 1. The standard InChI is InChI=1S/C15H23NO2/c1-15(10-13(15)17)14(11-16)18-9-5-8-12-6-3-2-4-7-12/h2-4,6-7,13-14,17H,5,8-11,16H2,1H3/t13?,14-,15?/m1/s1. The molecule has 0 bridgehead atoms. The van der Waals surface area contributed by atoms with E-state index in [9.17, 15) is 5.11 Å². The van der Waals surface area contributed by atoms with Gasteiger partial charge in [0.15, 0.2) is 0 Å². The SMILES string of the molecule is CC1([C@@H](CN)OCCCc2ccccc2)CC1O. The zero-order valence-electron chi connectivity index (χ0n) is 11.0. The Morgan fingerprint density at radius 3 is 2.67 bits per heavy atom. The van der Waals surface area contributed by atoms with Crippen LogP contribution in [0, 0.1) is 5.41 Å². The lowest BCUT2D eigenvalue weighted by molar-refractivity contribution is -0.00265. The van der Waals surface area contributed by atoms with Crippen molar-refractivity contribution in [3.63, 3.8) is 0 Å². The topological polar surface area (TPSA) is 55.5 Å². The van der Waals surface area contributed by atoms with E-state index < -0.39 is 0 Å². The molecule has 0 aliphatic heterocycles. The minimum absolute atomic E-state index is 0.0109. The van der Waals surface area contributed by atoms with E-state index >= 15 is 0 Å². The van der Waals surface area contributed by atoms with Crippen molar-refractivity contribution in [1.29, 1.82) is 0 Å². The third-order valence-corrected chi connectivity index (χ3v) is 3.96. The molecule has 1 saturated carbocycles. The third-order valence-electron chi connectivity index (χ3n) is 3.96. The number of rotatable bonds is 7. The molecule has 3 nitrogen and oxygen atoms in total. The van der Waals surface area contributed by atoms with E-state index in [-0.39, 0.29) is 17.6 Å². The van der Waals surface area contributed by atoms with Crippen LogP contribution in [0.15, 0.2) is 30.3 Å². The maximum Gasteiger partial charge on any atom is 0.0776 e. The summed E-state index contributed by atoms with van der Waals surface area (Å²) in [5.41, 5.74) is 6.94. The molecular formula is C15H23NO2. The quantitative estimate of drug-likeness (QED) is 0.724. The Morgan fingerprint density at radius 2 is 2.11 bits per heavy atom. The molecule has 0 heterocycles. The molecule has 1 fully saturated rings. The van der Waals surface area contributed by atoms with Crippen LogP contribution in [0.3, 0.4) is 0 Å². The molecule has 1 aromatic carbocycles. The highest BCUT2D eigenvalue weighted by Gasteiger charge is 2.54. The third kappa shape index (κ3) is 3.10. The van der Waals surface area contributed by atoms with Crippen molar-refractivity contribution in [3.8, 4) is 0 Å². The Balaban J connectivity index is 1.69. The van der Waals surface area contributed by atoms with Gasteiger partial charge in [0.2, 0.25) is 0 Å². The Morgan fingerprint density at radius 1 is 1.44 bits per heavy atom. The lowest BCUT2D eigenvalue weighted by atomic mass is 10.0. The summed E-state index contributed by atoms with van der Waals surface area (Å²) in [6.07, 6.45) is 2.58. The molecule has 18 heavy (non-hydrogen) atoms. The van der Waals surface area contributed by atoms with Crippen molar-refractivity contribution in [2.45, 2.75) is 38.4 Å². The second kappa shape index (κ2) is 5.83. The van der Waals surface area contributed by atoms with Gasteiger partial charge < -0.3 is 15.6 Å². The maximum absolute atomic E-state index is 9.59. The van der Waals surface area contributed by atoms with Crippen molar-refractivity contribution in [1.82, 2.24) is 0 Å². The average Bonchev–Trinajstić information content (AvgIpc) is 2.99. The van der Waals surface area contributed by atoms with Crippen LogP contribution in [-0.4, -0.2) is 30.5 Å². The van der Waals surface area contributed by atoms with Crippen LogP contribution in [0.2, 0.25) is 0 Å². The minimum atomic E-state index is -0.236. The van der Waals surface area contributed by atoms with E-state index in [0.717, 1.165) is 19.3 Å². The first-order chi connectivity index (χ1) is 8.66. The fraction of sp³-hybridized carbons (Fsp3) is 0.600. The molecule has 3 atom stereocenters. The van der Waals surface area contributed by atoms with Gasteiger partial charge in [-0.15, -0.1) is 0 Å². The molecule has 1 aliphatic carbocycles. The van der Waals surface area contributed by atoms with Crippen LogP contribution in [-0.2, 0) is 11.2 Å². The molecule has 0 amide bonds. The van der Waals surface area contributed by atoms with Gasteiger partial charge in [0.25, 0.3) is 0 Å². The normalized spacial score (nSPS) is 28.1. The summed E-state index contributed by atoms with van der Waals surface area (Å²) < 4.78 is 5.83. The lowest BCUT2D eigenvalue weighted by Crippen LogP contribution is -2.34. The number of benzene rings is 1. The van der Waals surface area contributed by atoms with Gasteiger partial charge in [-0.1, -0.05) is 37.3 Å². The predicted molar refractivity (Wildman–Crippen MR) is 72.3 cm³/mol. The highest BCUT2D eigenvalue weighted by Crippen LogP contribution is 2.49. The van der Waals surface area contributed by atoms with Gasteiger partial charge in [-0.05, 0) is 24.8 Å². The Labute approximate surface area is 109 Å². The fourth-order valence-corrected chi connectivity index (χ4v) is 2.38. The molecule has 0 saturated heterocycles. The van der Waals surface area contributed by atoms with Gasteiger partial charge in [-0.2, -0.15) is 0 Å². The first kappa shape index (κ1) is 13.5. The molecule has 0 spiro atoms. The van der Waals surface area contributed by atoms with Crippen LogP contribution < -0.4 is 5.73 Å². The zero-order valence-corrected chi connectivity index (χ0v) is 11.0. The Hall–Kier alpha value is -0.900. The van der Waals surface area contributed by atoms with Crippen molar-refractivity contribution in [2.75, 3.05) is 13.2 Å². The number of aliphatic hydroxyl groups is 1. The van der Waals surface area contributed by atoms with Crippen molar-refractivity contribution in [2.24, 2.45) is 11.1 Å².